The highest BCUT2D eigenvalue weighted by atomic mass is 16.2. The van der Waals surface area contributed by atoms with Crippen LogP contribution in [0.4, 0.5) is 0 Å². The molecule has 2 N–H and O–H groups in total. The molecule has 1 saturated carbocycles. The first-order valence-corrected chi connectivity index (χ1v) is 8.90. The molecule has 0 radical (unpaired) electrons. The predicted octanol–water partition coefficient (Wildman–Crippen LogP) is 3.52. The molecule has 25 heavy (non-hydrogen) atoms. The molecule has 3 rings (SSSR count). The molecule has 1 fully saturated rings. The Bertz CT molecular complexity index is 711. The first-order valence-electron chi connectivity index (χ1n) is 8.90. The van der Waals surface area contributed by atoms with Crippen molar-refractivity contribution in [3.05, 3.63) is 71.8 Å². The highest BCUT2D eigenvalue weighted by molar-refractivity contribution is 6.35. The van der Waals surface area contributed by atoms with Crippen molar-refractivity contribution in [2.24, 2.45) is 5.92 Å². The quantitative estimate of drug-likeness (QED) is 0.793. The summed E-state index contributed by atoms with van der Waals surface area (Å²) in [5.74, 6) is -0.706. The maximum absolute atomic E-state index is 12.4. The summed E-state index contributed by atoms with van der Waals surface area (Å²) in [6.07, 6.45) is 2.90. The van der Waals surface area contributed by atoms with Crippen molar-refractivity contribution in [1.82, 2.24) is 10.6 Å². The van der Waals surface area contributed by atoms with Gasteiger partial charge in [-0.05, 0) is 36.3 Å². The van der Waals surface area contributed by atoms with Gasteiger partial charge >= 0.3 is 11.8 Å². The average molecular weight is 336 g/mol. The lowest BCUT2D eigenvalue weighted by Crippen LogP contribution is -2.43. The first kappa shape index (κ1) is 17.2. The van der Waals surface area contributed by atoms with E-state index in [1.54, 1.807) is 0 Å². The normalized spacial score (nSPS) is 15.9. The van der Waals surface area contributed by atoms with Gasteiger partial charge in [-0.25, -0.2) is 0 Å². The van der Waals surface area contributed by atoms with Crippen LogP contribution in [0.15, 0.2) is 60.7 Å². The molecule has 4 heteroatoms. The van der Waals surface area contributed by atoms with Gasteiger partial charge in [0, 0.05) is 0 Å². The molecule has 0 bridgehead atoms. The van der Waals surface area contributed by atoms with Crippen LogP contribution in [0.5, 0.6) is 0 Å². The van der Waals surface area contributed by atoms with E-state index in [9.17, 15) is 9.59 Å². The van der Waals surface area contributed by atoms with Gasteiger partial charge in [-0.15, -0.1) is 0 Å². The van der Waals surface area contributed by atoms with Gasteiger partial charge in [-0.1, -0.05) is 67.6 Å². The van der Waals surface area contributed by atoms with E-state index in [1.807, 2.05) is 67.6 Å². The van der Waals surface area contributed by atoms with Crippen LogP contribution in [-0.2, 0) is 9.59 Å². The Labute approximate surface area is 148 Å². The van der Waals surface area contributed by atoms with Crippen LogP contribution in [0.25, 0.3) is 0 Å². The second-order valence-electron chi connectivity index (χ2n) is 6.54. The van der Waals surface area contributed by atoms with E-state index < -0.39 is 11.8 Å². The first-order chi connectivity index (χ1) is 12.2. The lowest BCUT2D eigenvalue weighted by atomic mass is 10.0. The number of hydrogen-bond acceptors (Lipinski definition) is 2. The molecule has 1 aliphatic rings. The number of rotatable bonds is 6. The summed E-state index contributed by atoms with van der Waals surface area (Å²) in [5.41, 5.74) is 2.06. The summed E-state index contributed by atoms with van der Waals surface area (Å²) >= 11 is 0. The van der Waals surface area contributed by atoms with Crippen LogP contribution in [-0.4, -0.2) is 11.8 Å². The van der Waals surface area contributed by atoms with Crippen LogP contribution < -0.4 is 10.6 Å². The lowest BCUT2D eigenvalue weighted by molar-refractivity contribution is -0.140. The molecule has 0 unspecified atom stereocenters. The van der Waals surface area contributed by atoms with Gasteiger partial charge in [0.25, 0.3) is 0 Å². The third kappa shape index (κ3) is 4.47. The second-order valence-corrected chi connectivity index (χ2v) is 6.54. The Kier molecular flexibility index (Phi) is 5.49. The zero-order chi connectivity index (χ0) is 17.6. The van der Waals surface area contributed by atoms with Gasteiger partial charge in [0.1, 0.15) is 0 Å². The Morgan fingerprint density at radius 2 is 1.40 bits per heavy atom. The van der Waals surface area contributed by atoms with Gasteiger partial charge < -0.3 is 10.6 Å². The third-order valence-electron chi connectivity index (χ3n) is 4.66. The molecule has 0 aliphatic heterocycles. The van der Waals surface area contributed by atoms with E-state index in [-0.39, 0.29) is 12.1 Å². The van der Waals surface area contributed by atoms with Crippen LogP contribution in [0, 0.1) is 5.92 Å². The standard InChI is InChI=1S/C21H24N2O2/c1-2-18(15-9-5-3-6-10-15)22-20(24)21(25)23-19(17-13-14-17)16-11-7-4-8-12-16/h3-12,17-19H,2,13-14H2,1H3,(H,22,24)(H,23,25)/t18-,19+/m1/s1. The number of carbonyl (C=O) groups excluding carboxylic acids is 2. The number of benzene rings is 2. The summed E-state index contributed by atoms with van der Waals surface area (Å²) in [7, 11) is 0. The maximum atomic E-state index is 12.4. The molecular formula is C21H24N2O2. The van der Waals surface area contributed by atoms with E-state index in [1.165, 1.54) is 0 Å². The average Bonchev–Trinajstić information content (AvgIpc) is 3.50. The SMILES string of the molecule is CC[C@@H](NC(=O)C(=O)N[C@@H](c1ccccc1)C1CC1)c1ccccc1. The molecular weight excluding hydrogens is 312 g/mol. The fourth-order valence-electron chi connectivity index (χ4n) is 3.10. The smallest absolute Gasteiger partial charge is 0.309 e. The molecule has 2 atom stereocenters. The summed E-state index contributed by atoms with van der Waals surface area (Å²) in [5, 5.41) is 5.77. The number of nitrogens with one attached hydrogen (secondary N) is 2. The fraction of sp³-hybridized carbons (Fsp3) is 0.333. The van der Waals surface area contributed by atoms with Crippen LogP contribution in [0.2, 0.25) is 0 Å². The predicted molar refractivity (Wildman–Crippen MR) is 97.7 cm³/mol. The molecule has 1 aliphatic carbocycles. The van der Waals surface area contributed by atoms with E-state index >= 15 is 0 Å². The minimum Gasteiger partial charge on any atom is -0.341 e. The van der Waals surface area contributed by atoms with Crippen molar-refractivity contribution >= 4 is 11.8 Å². The highest BCUT2D eigenvalue weighted by Crippen LogP contribution is 2.40. The Morgan fingerprint density at radius 3 is 1.92 bits per heavy atom. The van der Waals surface area contributed by atoms with Crippen molar-refractivity contribution in [2.75, 3.05) is 0 Å². The molecule has 0 spiro atoms. The molecule has 0 saturated heterocycles. The Balaban J connectivity index is 1.64. The minimum absolute atomic E-state index is 0.0868. The minimum atomic E-state index is -0.572. The number of amides is 2. The van der Waals surface area contributed by atoms with Crippen LogP contribution >= 0.6 is 0 Å². The maximum Gasteiger partial charge on any atom is 0.309 e. The molecule has 2 amide bonds. The number of hydrogen-bond donors (Lipinski definition) is 2. The summed E-state index contributed by atoms with van der Waals surface area (Å²) in [6.45, 7) is 1.99. The largest absolute Gasteiger partial charge is 0.341 e. The van der Waals surface area contributed by atoms with E-state index in [0.29, 0.717) is 5.92 Å². The molecule has 4 nitrogen and oxygen atoms in total. The monoisotopic (exact) mass is 336 g/mol. The Morgan fingerprint density at radius 1 is 0.880 bits per heavy atom. The van der Waals surface area contributed by atoms with Crippen molar-refractivity contribution in [2.45, 2.75) is 38.3 Å². The Hall–Kier alpha value is -2.62. The van der Waals surface area contributed by atoms with E-state index in [4.69, 9.17) is 0 Å². The molecule has 130 valence electrons. The van der Waals surface area contributed by atoms with Crippen molar-refractivity contribution in [3.8, 4) is 0 Å². The topological polar surface area (TPSA) is 58.2 Å². The van der Waals surface area contributed by atoms with Gasteiger partial charge in [0.15, 0.2) is 0 Å². The van der Waals surface area contributed by atoms with Crippen molar-refractivity contribution in [1.29, 1.82) is 0 Å². The molecule has 0 heterocycles. The van der Waals surface area contributed by atoms with Crippen LogP contribution in [0.1, 0.15) is 49.4 Å². The highest BCUT2D eigenvalue weighted by Gasteiger charge is 2.34. The van der Waals surface area contributed by atoms with Gasteiger partial charge in [-0.3, -0.25) is 9.59 Å². The van der Waals surface area contributed by atoms with E-state index in [0.717, 1.165) is 30.4 Å². The molecule has 2 aromatic rings. The second kappa shape index (κ2) is 7.97. The lowest BCUT2D eigenvalue weighted by Gasteiger charge is -2.21. The third-order valence-corrected chi connectivity index (χ3v) is 4.66. The summed E-state index contributed by atoms with van der Waals surface area (Å²) in [4.78, 5) is 24.8. The van der Waals surface area contributed by atoms with Gasteiger partial charge in [0.05, 0.1) is 12.1 Å². The van der Waals surface area contributed by atoms with E-state index in [2.05, 4.69) is 10.6 Å². The zero-order valence-corrected chi connectivity index (χ0v) is 14.4. The molecule has 0 aromatic heterocycles. The van der Waals surface area contributed by atoms with Crippen molar-refractivity contribution < 1.29 is 9.59 Å². The van der Waals surface area contributed by atoms with Gasteiger partial charge in [-0.2, -0.15) is 0 Å². The number of carbonyl (C=O) groups is 2. The summed E-state index contributed by atoms with van der Waals surface area (Å²) in [6, 6.07) is 19.3. The summed E-state index contributed by atoms with van der Waals surface area (Å²) < 4.78 is 0. The fourth-order valence-corrected chi connectivity index (χ4v) is 3.10. The van der Waals surface area contributed by atoms with Crippen molar-refractivity contribution in [3.63, 3.8) is 0 Å². The molecule has 2 aromatic carbocycles. The zero-order valence-electron chi connectivity index (χ0n) is 14.4. The van der Waals surface area contributed by atoms with Gasteiger partial charge in [0.2, 0.25) is 0 Å². The van der Waals surface area contributed by atoms with Crippen LogP contribution in [0.3, 0.4) is 0 Å².